The largest absolute Gasteiger partial charge is 0.265 e. The summed E-state index contributed by atoms with van der Waals surface area (Å²) in [5, 5.41) is 0. The highest BCUT2D eigenvalue weighted by atomic mass is 15.0. The summed E-state index contributed by atoms with van der Waals surface area (Å²) in [7, 11) is 0. The topological polar surface area (TPSA) is 116 Å². The second-order valence-electron chi connectivity index (χ2n) is 8.73. The highest BCUT2D eigenvalue weighted by Crippen LogP contribution is 1.92. The summed E-state index contributed by atoms with van der Waals surface area (Å²) in [4.78, 5) is 34.0. The van der Waals surface area contributed by atoms with Crippen molar-refractivity contribution in [1.29, 1.82) is 0 Å². The lowest BCUT2D eigenvalue weighted by Gasteiger charge is -1.82. The lowest BCUT2D eigenvalue weighted by molar-refractivity contribution is 0.974. The van der Waals surface area contributed by atoms with Crippen molar-refractivity contribution in [2.45, 2.75) is 208 Å². The Balaban J connectivity index is -0.0000000486. The average Bonchev–Trinajstić information content (AvgIpc) is 3.43. The predicted molar refractivity (Wildman–Crippen MR) is 303 cm³/mol. The van der Waals surface area contributed by atoms with Gasteiger partial charge in [0.25, 0.3) is 0 Å². The van der Waals surface area contributed by atoms with Crippen LogP contribution in [0.1, 0.15) is 200 Å². The third-order valence-electron chi connectivity index (χ3n) is 4.60. The molecule has 0 aliphatic carbocycles. The average molecular weight is 923 g/mol. The molecule has 5 aromatic heterocycles. The Labute approximate surface area is 414 Å². The van der Waals surface area contributed by atoms with Crippen LogP contribution in [0.15, 0.2) is 129 Å². The third-order valence-corrected chi connectivity index (χ3v) is 4.60. The standard InChI is InChI=1S/C7H8.2C6H7N.2C5H6N2.C4H5N3.12C2H6/c1-7-5-3-2-4-6-7;1-6-2-4-7-5-3-6;1-6-3-2-4-7-5-6;2*1-5-2-6-4-7-3-5;1-4-6-2-5-3-7-4;12*1-2/h2-6H,1H3;2*2-5H,1H3;2*2-4H,1H3;2-3H,1H3;12*1-2H3. The van der Waals surface area contributed by atoms with E-state index in [2.05, 4.69) is 63.9 Å². The second-order valence-corrected chi connectivity index (χ2v) is 8.73. The van der Waals surface area contributed by atoms with Gasteiger partial charge in [-0.05, 0) is 82.0 Å². The molecule has 0 spiro atoms. The van der Waals surface area contributed by atoms with Gasteiger partial charge in [-0.2, -0.15) is 0 Å². The molecule has 384 valence electrons. The van der Waals surface area contributed by atoms with Crippen LogP contribution in [0.25, 0.3) is 0 Å². The number of aromatic nitrogens is 9. The van der Waals surface area contributed by atoms with Crippen LogP contribution in [0.3, 0.4) is 0 Å². The number of pyridine rings is 2. The molecular weight excluding hydrogens is 811 g/mol. The first kappa shape index (κ1) is 91.2. The summed E-state index contributed by atoms with van der Waals surface area (Å²) in [5.74, 6) is 0.759. The minimum absolute atomic E-state index is 0.759. The summed E-state index contributed by atoms with van der Waals surface area (Å²) in [6, 6.07) is 18.2. The number of hydrogen-bond acceptors (Lipinski definition) is 9. The third kappa shape index (κ3) is 107. The Hall–Kier alpha value is -5.31. The minimum Gasteiger partial charge on any atom is -0.265 e. The van der Waals surface area contributed by atoms with Crippen molar-refractivity contribution in [2.75, 3.05) is 0 Å². The first-order valence-electron chi connectivity index (χ1n) is 25.1. The van der Waals surface area contributed by atoms with E-state index in [0.717, 1.165) is 17.0 Å². The predicted octanol–water partition coefficient (Wildman–Crippen LogP) is 18.8. The molecule has 0 aliphatic rings. The zero-order valence-corrected chi connectivity index (χ0v) is 49.1. The number of nitrogens with zero attached hydrogens (tertiary/aromatic N) is 9. The fourth-order valence-corrected chi connectivity index (χ4v) is 2.45. The van der Waals surface area contributed by atoms with Crippen molar-refractivity contribution in [3.8, 4) is 0 Å². The van der Waals surface area contributed by atoms with E-state index in [1.54, 1.807) is 43.4 Å². The van der Waals surface area contributed by atoms with Gasteiger partial charge in [0, 0.05) is 49.6 Å². The van der Waals surface area contributed by atoms with Crippen LogP contribution in [-0.2, 0) is 0 Å². The Morgan fingerprint density at radius 2 is 0.515 bits per heavy atom. The minimum atomic E-state index is 0.759. The van der Waals surface area contributed by atoms with Crippen LogP contribution in [0.5, 0.6) is 0 Å². The fourth-order valence-electron chi connectivity index (χ4n) is 2.45. The van der Waals surface area contributed by atoms with Gasteiger partial charge in [-0.1, -0.05) is 208 Å². The van der Waals surface area contributed by atoms with Gasteiger partial charge < -0.3 is 0 Å². The molecule has 1 aromatic carbocycles. The highest BCUT2D eigenvalue weighted by molar-refractivity contribution is 5.11. The van der Waals surface area contributed by atoms with Gasteiger partial charge in [0.05, 0.1) is 0 Å². The molecule has 9 heteroatoms. The van der Waals surface area contributed by atoms with Crippen molar-refractivity contribution in [3.05, 3.63) is 163 Å². The summed E-state index contributed by atoms with van der Waals surface area (Å²) in [5.41, 5.74) is 5.99. The van der Waals surface area contributed by atoms with E-state index in [-0.39, 0.29) is 0 Å². The van der Waals surface area contributed by atoms with E-state index in [1.165, 1.54) is 42.0 Å². The zero-order chi connectivity index (χ0) is 54.7. The molecule has 0 fully saturated rings. The maximum atomic E-state index is 3.88. The van der Waals surface area contributed by atoms with Crippen LogP contribution in [-0.4, -0.2) is 44.9 Å². The van der Waals surface area contributed by atoms with E-state index < -0.39 is 0 Å². The van der Waals surface area contributed by atoms with Crippen LogP contribution in [0.2, 0.25) is 0 Å². The van der Waals surface area contributed by atoms with Crippen molar-refractivity contribution in [3.63, 3.8) is 0 Å². The molecule has 0 radical (unpaired) electrons. The molecule has 0 amide bonds. The van der Waals surface area contributed by atoms with Crippen LogP contribution in [0.4, 0.5) is 0 Å². The van der Waals surface area contributed by atoms with Gasteiger partial charge >= 0.3 is 0 Å². The quantitative estimate of drug-likeness (QED) is 0.147. The first-order valence-corrected chi connectivity index (χ1v) is 25.1. The number of hydrogen-bond donors (Lipinski definition) is 0. The van der Waals surface area contributed by atoms with Crippen molar-refractivity contribution < 1.29 is 0 Å². The SMILES string of the molecule is CC.CC.CC.CC.CC.CC.CC.CC.CC.CC.CC.CC.Cc1ccccc1.Cc1cccnc1.Cc1ccncc1.Cc1cncnc1.Cc1cncnc1.Cc1ncncn1. The molecule has 9 nitrogen and oxygen atoms in total. The molecule has 6 rings (SSSR count). The zero-order valence-electron chi connectivity index (χ0n) is 49.1. The monoisotopic (exact) mass is 922 g/mol. The van der Waals surface area contributed by atoms with Gasteiger partial charge in [0.2, 0.25) is 0 Å². The number of aryl methyl sites for hydroxylation is 6. The van der Waals surface area contributed by atoms with E-state index in [4.69, 9.17) is 0 Å². The normalized spacial score (nSPS) is 6.64. The van der Waals surface area contributed by atoms with Gasteiger partial charge in [0.1, 0.15) is 31.1 Å². The molecular formula is C57H111N9. The van der Waals surface area contributed by atoms with E-state index in [9.17, 15) is 0 Å². The van der Waals surface area contributed by atoms with Crippen LogP contribution in [0, 0.1) is 41.5 Å². The first-order chi connectivity index (χ1) is 32.4. The van der Waals surface area contributed by atoms with E-state index in [1.807, 2.05) is 249 Å². The van der Waals surface area contributed by atoms with Gasteiger partial charge in [-0.3, -0.25) is 9.97 Å². The summed E-state index contributed by atoms with van der Waals surface area (Å²) in [6.07, 6.45) is 20.3. The second kappa shape index (κ2) is 113. The molecule has 0 saturated carbocycles. The molecule has 0 N–H and O–H groups in total. The van der Waals surface area contributed by atoms with Crippen LogP contribution >= 0.6 is 0 Å². The lowest BCUT2D eigenvalue weighted by atomic mass is 10.2. The van der Waals surface area contributed by atoms with Crippen LogP contribution < -0.4 is 0 Å². The smallest absolute Gasteiger partial charge is 0.128 e. The molecule has 0 bridgehead atoms. The molecule has 66 heavy (non-hydrogen) atoms. The lowest BCUT2D eigenvalue weighted by Crippen LogP contribution is -1.84. The maximum Gasteiger partial charge on any atom is 0.128 e. The van der Waals surface area contributed by atoms with Crippen molar-refractivity contribution in [1.82, 2.24) is 44.9 Å². The molecule has 5 heterocycles. The Morgan fingerprint density at radius 1 is 0.227 bits per heavy atom. The Bertz CT molecular complexity index is 1110. The van der Waals surface area contributed by atoms with Crippen molar-refractivity contribution in [2.24, 2.45) is 0 Å². The van der Waals surface area contributed by atoms with E-state index in [0.29, 0.717) is 0 Å². The Kier molecular flexibility index (Phi) is 156. The Morgan fingerprint density at radius 3 is 0.667 bits per heavy atom. The molecule has 0 saturated heterocycles. The summed E-state index contributed by atoms with van der Waals surface area (Å²) in [6.45, 7) is 59.9. The molecule has 0 atom stereocenters. The number of rotatable bonds is 0. The summed E-state index contributed by atoms with van der Waals surface area (Å²) < 4.78 is 0. The molecule has 6 aromatic rings. The van der Waals surface area contributed by atoms with Crippen molar-refractivity contribution >= 4 is 0 Å². The molecule has 0 aliphatic heterocycles. The van der Waals surface area contributed by atoms with Gasteiger partial charge in [-0.25, -0.2) is 34.9 Å². The fraction of sp³-hybridized carbons (Fsp3) is 0.526. The summed E-state index contributed by atoms with van der Waals surface area (Å²) >= 11 is 0. The van der Waals surface area contributed by atoms with Gasteiger partial charge in [0.15, 0.2) is 0 Å². The van der Waals surface area contributed by atoms with Gasteiger partial charge in [-0.15, -0.1) is 0 Å². The highest BCUT2D eigenvalue weighted by Gasteiger charge is 1.77. The maximum absolute atomic E-state index is 3.88. The number of benzene rings is 1. The molecule has 0 unspecified atom stereocenters. The van der Waals surface area contributed by atoms with E-state index >= 15 is 0 Å².